The number of sulfonamides is 1. The van der Waals surface area contributed by atoms with E-state index in [1.54, 1.807) is 30.3 Å². The van der Waals surface area contributed by atoms with E-state index in [4.69, 9.17) is 16.1 Å². The van der Waals surface area contributed by atoms with Gasteiger partial charge in [0, 0.05) is 22.3 Å². The van der Waals surface area contributed by atoms with Crippen LogP contribution in [-0.2, 0) is 21.2 Å². The lowest BCUT2D eigenvalue weighted by Crippen LogP contribution is -2.12. The Balaban J connectivity index is 1.58. The zero-order chi connectivity index (χ0) is 18.3. The minimum Gasteiger partial charge on any atom is -0.337 e. The number of fused-ring (bicyclic) bond motifs is 1. The highest BCUT2D eigenvalue weighted by Gasteiger charge is 2.23. The maximum absolute atomic E-state index is 12.6. The number of nitrogens with zero attached hydrogens (tertiary/aromatic N) is 1. The van der Waals surface area contributed by atoms with Crippen LogP contribution in [0.5, 0.6) is 0 Å². The van der Waals surface area contributed by atoms with Gasteiger partial charge in [0.2, 0.25) is 11.8 Å². The third kappa shape index (κ3) is 3.16. The molecule has 0 spiro atoms. The van der Waals surface area contributed by atoms with Crippen LogP contribution < -0.4 is 10.0 Å². The second-order valence-corrected chi connectivity index (χ2v) is 7.85. The fourth-order valence-electron chi connectivity index (χ4n) is 2.64. The van der Waals surface area contributed by atoms with Crippen molar-refractivity contribution in [1.29, 1.82) is 0 Å². The van der Waals surface area contributed by atoms with Crippen LogP contribution in [0, 0.1) is 0 Å². The number of carbonyl (C=O) groups is 1. The number of anilines is 2. The number of nitrogens with one attached hydrogen (secondary N) is 2. The fraction of sp³-hybridized carbons (Fsp3) is 0.0588. The minimum absolute atomic E-state index is 0.00958. The summed E-state index contributed by atoms with van der Waals surface area (Å²) in [5.41, 5.74) is 2.48. The summed E-state index contributed by atoms with van der Waals surface area (Å²) >= 11 is 5.85. The monoisotopic (exact) mass is 389 g/mol. The molecule has 0 unspecified atom stereocenters. The SMILES string of the molecule is O=C1Cc2cc(S(=O)(=O)Nc3cc(-c4ccc(Cl)cc4)no3)ccc2N1. The molecule has 3 aromatic rings. The van der Waals surface area contributed by atoms with E-state index in [2.05, 4.69) is 15.2 Å². The topological polar surface area (TPSA) is 101 Å². The highest BCUT2D eigenvalue weighted by molar-refractivity contribution is 7.92. The Morgan fingerprint density at radius 2 is 1.88 bits per heavy atom. The van der Waals surface area contributed by atoms with Crippen LogP contribution >= 0.6 is 11.6 Å². The molecule has 0 saturated heterocycles. The second-order valence-electron chi connectivity index (χ2n) is 5.73. The standard InChI is InChI=1S/C17H12ClN3O4S/c18-12-3-1-10(2-4-12)15-9-17(25-20-15)21-26(23,24)13-5-6-14-11(7-13)8-16(22)19-14/h1-7,9,21H,8H2,(H,19,22). The van der Waals surface area contributed by atoms with Crippen molar-refractivity contribution >= 4 is 39.1 Å². The maximum Gasteiger partial charge on any atom is 0.264 e. The van der Waals surface area contributed by atoms with Crippen molar-refractivity contribution in [3.8, 4) is 11.3 Å². The van der Waals surface area contributed by atoms with E-state index in [-0.39, 0.29) is 23.1 Å². The Labute approximate surface area is 154 Å². The van der Waals surface area contributed by atoms with Crippen LogP contribution in [-0.4, -0.2) is 19.5 Å². The third-order valence-electron chi connectivity index (χ3n) is 3.90. The van der Waals surface area contributed by atoms with E-state index in [0.29, 0.717) is 22.0 Å². The number of carbonyl (C=O) groups excluding carboxylic acids is 1. The molecule has 1 aromatic heterocycles. The molecule has 132 valence electrons. The van der Waals surface area contributed by atoms with Gasteiger partial charge in [0.1, 0.15) is 5.69 Å². The number of benzene rings is 2. The Morgan fingerprint density at radius 1 is 1.12 bits per heavy atom. The number of rotatable bonds is 4. The molecule has 2 heterocycles. The molecule has 0 saturated carbocycles. The van der Waals surface area contributed by atoms with Crippen molar-refractivity contribution in [3.05, 3.63) is 59.1 Å². The quantitative estimate of drug-likeness (QED) is 0.713. The summed E-state index contributed by atoms with van der Waals surface area (Å²) < 4.78 is 32.5. The van der Waals surface area contributed by atoms with Gasteiger partial charge in [-0.3, -0.25) is 4.79 Å². The van der Waals surface area contributed by atoms with Gasteiger partial charge in [-0.15, -0.1) is 0 Å². The lowest BCUT2D eigenvalue weighted by molar-refractivity contribution is -0.115. The number of aromatic nitrogens is 1. The summed E-state index contributed by atoms with van der Waals surface area (Å²) in [7, 11) is -3.87. The summed E-state index contributed by atoms with van der Waals surface area (Å²) in [4.78, 5) is 11.4. The summed E-state index contributed by atoms with van der Waals surface area (Å²) in [5.74, 6) is -0.171. The largest absolute Gasteiger partial charge is 0.337 e. The smallest absolute Gasteiger partial charge is 0.264 e. The Kier molecular flexibility index (Phi) is 3.93. The molecule has 0 atom stereocenters. The molecule has 9 heteroatoms. The predicted octanol–water partition coefficient (Wildman–Crippen LogP) is 3.29. The van der Waals surface area contributed by atoms with E-state index < -0.39 is 10.0 Å². The molecular weight excluding hydrogens is 378 g/mol. The van der Waals surface area contributed by atoms with Crippen molar-refractivity contribution in [2.45, 2.75) is 11.3 Å². The summed E-state index contributed by atoms with van der Waals surface area (Å²) in [6.45, 7) is 0. The number of amides is 1. The first-order valence-corrected chi connectivity index (χ1v) is 9.45. The highest BCUT2D eigenvalue weighted by atomic mass is 35.5. The average molecular weight is 390 g/mol. The van der Waals surface area contributed by atoms with Crippen LogP contribution in [0.3, 0.4) is 0 Å². The highest BCUT2D eigenvalue weighted by Crippen LogP contribution is 2.28. The van der Waals surface area contributed by atoms with Gasteiger partial charge in [0.05, 0.1) is 11.3 Å². The molecule has 0 bridgehead atoms. The van der Waals surface area contributed by atoms with Crippen LogP contribution in [0.15, 0.2) is 57.9 Å². The van der Waals surface area contributed by atoms with Gasteiger partial charge in [-0.2, -0.15) is 0 Å². The predicted molar refractivity (Wildman–Crippen MR) is 96.5 cm³/mol. The van der Waals surface area contributed by atoms with Gasteiger partial charge >= 0.3 is 0 Å². The lowest BCUT2D eigenvalue weighted by atomic mass is 10.1. The van der Waals surface area contributed by atoms with Crippen molar-refractivity contribution in [2.24, 2.45) is 0 Å². The molecule has 0 radical (unpaired) electrons. The van der Waals surface area contributed by atoms with Crippen LogP contribution in [0.2, 0.25) is 5.02 Å². The van der Waals surface area contributed by atoms with E-state index >= 15 is 0 Å². The number of hydrogen-bond acceptors (Lipinski definition) is 5. The van der Waals surface area contributed by atoms with E-state index in [1.807, 2.05) is 0 Å². The zero-order valence-corrected chi connectivity index (χ0v) is 14.8. The van der Waals surface area contributed by atoms with E-state index in [1.165, 1.54) is 18.2 Å². The van der Waals surface area contributed by atoms with Crippen LogP contribution in [0.25, 0.3) is 11.3 Å². The third-order valence-corrected chi connectivity index (χ3v) is 5.49. The molecule has 2 N–H and O–H groups in total. The molecule has 1 aliphatic heterocycles. The van der Waals surface area contributed by atoms with Gasteiger partial charge < -0.3 is 9.84 Å². The number of hydrogen-bond donors (Lipinski definition) is 2. The normalized spacial score (nSPS) is 13.3. The first kappa shape index (κ1) is 16.6. The Bertz CT molecular complexity index is 1110. The first-order chi connectivity index (χ1) is 12.4. The lowest BCUT2D eigenvalue weighted by Gasteiger charge is -2.06. The summed E-state index contributed by atoms with van der Waals surface area (Å²) in [5, 5.41) is 7.11. The van der Waals surface area contributed by atoms with Crippen molar-refractivity contribution in [2.75, 3.05) is 10.0 Å². The molecular formula is C17H12ClN3O4S. The number of halogens is 1. The fourth-order valence-corrected chi connectivity index (χ4v) is 3.79. The molecule has 1 aliphatic rings. The average Bonchev–Trinajstić information content (AvgIpc) is 3.19. The van der Waals surface area contributed by atoms with Crippen molar-refractivity contribution in [1.82, 2.24) is 5.16 Å². The van der Waals surface area contributed by atoms with Gasteiger partial charge in [-0.05, 0) is 35.9 Å². The molecule has 26 heavy (non-hydrogen) atoms. The van der Waals surface area contributed by atoms with Gasteiger partial charge in [0.15, 0.2) is 0 Å². The molecule has 0 fully saturated rings. The van der Waals surface area contributed by atoms with Crippen molar-refractivity contribution in [3.63, 3.8) is 0 Å². The van der Waals surface area contributed by atoms with E-state index in [9.17, 15) is 13.2 Å². The van der Waals surface area contributed by atoms with Gasteiger partial charge in [-0.1, -0.05) is 28.9 Å². The van der Waals surface area contributed by atoms with Crippen LogP contribution in [0.1, 0.15) is 5.56 Å². The zero-order valence-electron chi connectivity index (χ0n) is 13.2. The second kappa shape index (κ2) is 6.15. The molecule has 7 nitrogen and oxygen atoms in total. The van der Waals surface area contributed by atoms with Crippen LogP contribution in [0.4, 0.5) is 11.6 Å². The molecule has 4 rings (SSSR count). The Morgan fingerprint density at radius 3 is 2.65 bits per heavy atom. The van der Waals surface area contributed by atoms with Crippen molar-refractivity contribution < 1.29 is 17.7 Å². The van der Waals surface area contributed by atoms with Gasteiger partial charge in [-0.25, -0.2) is 13.1 Å². The Hall–Kier alpha value is -2.84. The molecule has 2 aromatic carbocycles. The molecule has 0 aliphatic carbocycles. The maximum atomic E-state index is 12.6. The molecule has 1 amide bonds. The minimum atomic E-state index is -3.87. The van der Waals surface area contributed by atoms with Gasteiger partial charge in [0.25, 0.3) is 10.0 Å². The summed E-state index contributed by atoms with van der Waals surface area (Å²) in [6, 6.07) is 12.8. The summed E-state index contributed by atoms with van der Waals surface area (Å²) in [6.07, 6.45) is 0.154. The first-order valence-electron chi connectivity index (χ1n) is 7.59. The van der Waals surface area contributed by atoms with E-state index in [0.717, 1.165) is 5.56 Å².